The molecule has 2 rings (SSSR count). The number of benzene rings is 1. The number of rotatable bonds is 8. The van der Waals surface area contributed by atoms with Gasteiger partial charge >= 0.3 is 5.97 Å². The number of aliphatic carboxylic acids is 1. The minimum Gasteiger partial charge on any atom is -0.496 e. The summed E-state index contributed by atoms with van der Waals surface area (Å²) in [6.07, 6.45) is 0.475. The molecule has 1 amide bonds. The first-order chi connectivity index (χ1) is 11.5. The molecule has 0 aliphatic carbocycles. The Kier molecular flexibility index (Phi) is 6.63. The van der Waals surface area contributed by atoms with Gasteiger partial charge in [0, 0.05) is 11.4 Å². The van der Waals surface area contributed by atoms with Gasteiger partial charge in [0.25, 0.3) is 0 Å². The van der Waals surface area contributed by atoms with Crippen LogP contribution in [0.4, 0.5) is 0 Å². The number of nitrogens with one attached hydrogen (secondary N) is 1. The number of amides is 1. The molecule has 1 unspecified atom stereocenters. The van der Waals surface area contributed by atoms with Crippen LogP contribution in [0.3, 0.4) is 0 Å². The molecular formula is C17H18ClNO4S. The highest BCUT2D eigenvalue weighted by Gasteiger charge is 2.20. The lowest BCUT2D eigenvalue weighted by atomic mass is 9.98. The van der Waals surface area contributed by atoms with Crippen LogP contribution in [0.1, 0.15) is 10.4 Å². The number of carboxylic acid groups (broad SMARTS) is 1. The summed E-state index contributed by atoms with van der Waals surface area (Å²) >= 11 is 7.16. The van der Waals surface area contributed by atoms with Gasteiger partial charge in [-0.1, -0.05) is 29.8 Å². The largest absolute Gasteiger partial charge is 0.496 e. The van der Waals surface area contributed by atoms with Crippen LogP contribution in [0.25, 0.3) is 0 Å². The normalized spacial score (nSPS) is 11.8. The highest BCUT2D eigenvalue weighted by Crippen LogP contribution is 2.22. The summed E-state index contributed by atoms with van der Waals surface area (Å²) in [6.45, 7) is 0.0608. The molecular weight excluding hydrogens is 350 g/mol. The summed E-state index contributed by atoms with van der Waals surface area (Å²) in [5.74, 6) is -1.26. The molecule has 2 N–H and O–H groups in total. The summed E-state index contributed by atoms with van der Waals surface area (Å²) in [5.41, 5.74) is 0.798. The third-order valence-electron chi connectivity index (χ3n) is 3.52. The molecule has 1 aromatic heterocycles. The van der Waals surface area contributed by atoms with Crippen LogP contribution in [-0.2, 0) is 22.4 Å². The summed E-state index contributed by atoms with van der Waals surface area (Å²) in [5, 5.41) is 12.1. The molecule has 0 saturated carbocycles. The van der Waals surface area contributed by atoms with Gasteiger partial charge in [0.1, 0.15) is 5.75 Å². The van der Waals surface area contributed by atoms with Crippen LogP contribution in [0.15, 0.2) is 36.4 Å². The van der Waals surface area contributed by atoms with Crippen molar-refractivity contribution in [1.29, 1.82) is 0 Å². The average Bonchev–Trinajstić information content (AvgIpc) is 2.96. The van der Waals surface area contributed by atoms with E-state index in [2.05, 4.69) is 5.32 Å². The van der Waals surface area contributed by atoms with Crippen molar-refractivity contribution < 1.29 is 19.4 Å². The first-order valence-electron chi connectivity index (χ1n) is 7.35. The van der Waals surface area contributed by atoms with Gasteiger partial charge in [-0.05, 0) is 30.2 Å². The van der Waals surface area contributed by atoms with E-state index in [0.29, 0.717) is 10.1 Å². The van der Waals surface area contributed by atoms with Gasteiger partial charge in [0.2, 0.25) is 5.91 Å². The minimum atomic E-state index is -0.958. The second-order valence-corrected chi connectivity index (χ2v) is 7.04. The molecule has 24 heavy (non-hydrogen) atoms. The number of methoxy groups -OCH3 is 1. The van der Waals surface area contributed by atoms with Gasteiger partial charge < -0.3 is 15.2 Å². The van der Waals surface area contributed by atoms with Crippen molar-refractivity contribution in [1.82, 2.24) is 5.32 Å². The molecule has 0 aliphatic heterocycles. The predicted molar refractivity (Wildman–Crippen MR) is 93.9 cm³/mol. The summed E-state index contributed by atoms with van der Waals surface area (Å²) in [7, 11) is 1.54. The first kappa shape index (κ1) is 18.3. The molecule has 1 heterocycles. The van der Waals surface area contributed by atoms with E-state index in [1.165, 1.54) is 11.3 Å². The fourth-order valence-electron chi connectivity index (χ4n) is 2.29. The predicted octanol–water partition coefficient (Wildman–Crippen LogP) is 3.01. The Balaban J connectivity index is 1.93. The van der Waals surface area contributed by atoms with Crippen LogP contribution in [0, 0.1) is 5.92 Å². The van der Waals surface area contributed by atoms with E-state index >= 15 is 0 Å². The van der Waals surface area contributed by atoms with E-state index < -0.39 is 11.9 Å². The highest BCUT2D eigenvalue weighted by molar-refractivity contribution is 7.16. The smallest absolute Gasteiger partial charge is 0.308 e. The number of hydrogen-bond acceptors (Lipinski definition) is 4. The number of carbonyl (C=O) groups excluding carboxylic acids is 1. The van der Waals surface area contributed by atoms with Crippen molar-refractivity contribution in [2.75, 3.05) is 13.7 Å². The van der Waals surface area contributed by atoms with Crippen molar-refractivity contribution >= 4 is 34.8 Å². The summed E-state index contributed by atoms with van der Waals surface area (Å²) in [6, 6.07) is 10.8. The van der Waals surface area contributed by atoms with E-state index in [0.717, 1.165) is 10.4 Å². The number of para-hydroxylation sites is 1. The summed E-state index contributed by atoms with van der Waals surface area (Å²) in [4.78, 5) is 24.3. The van der Waals surface area contributed by atoms with Crippen LogP contribution >= 0.6 is 22.9 Å². The van der Waals surface area contributed by atoms with E-state index in [4.69, 9.17) is 16.3 Å². The quantitative estimate of drug-likeness (QED) is 0.752. The van der Waals surface area contributed by atoms with E-state index in [9.17, 15) is 14.7 Å². The Morgan fingerprint density at radius 1 is 1.29 bits per heavy atom. The number of carbonyl (C=O) groups is 2. The lowest BCUT2D eigenvalue weighted by Gasteiger charge is -2.15. The number of ether oxygens (including phenoxy) is 1. The third-order valence-corrected chi connectivity index (χ3v) is 4.75. The number of halogens is 1. The molecule has 1 aromatic carbocycles. The topological polar surface area (TPSA) is 75.6 Å². The Bertz CT molecular complexity index is 716. The van der Waals surface area contributed by atoms with E-state index in [-0.39, 0.29) is 25.3 Å². The molecule has 0 saturated heterocycles. The fraction of sp³-hybridized carbons (Fsp3) is 0.294. The second kappa shape index (κ2) is 8.70. The van der Waals surface area contributed by atoms with Crippen LogP contribution in [-0.4, -0.2) is 30.6 Å². The minimum absolute atomic E-state index is 0.0608. The van der Waals surface area contributed by atoms with Crippen LogP contribution in [0.2, 0.25) is 4.34 Å². The van der Waals surface area contributed by atoms with E-state index in [1.54, 1.807) is 25.3 Å². The van der Waals surface area contributed by atoms with Gasteiger partial charge in [-0.3, -0.25) is 9.59 Å². The molecule has 5 nitrogen and oxygen atoms in total. The number of hydrogen-bond donors (Lipinski definition) is 2. The Morgan fingerprint density at radius 2 is 2.04 bits per heavy atom. The van der Waals surface area contributed by atoms with Crippen LogP contribution in [0.5, 0.6) is 5.75 Å². The lowest BCUT2D eigenvalue weighted by Crippen LogP contribution is -2.34. The first-order valence-corrected chi connectivity index (χ1v) is 8.54. The molecule has 0 aliphatic rings. The maximum Gasteiger partial charge on any atom is 0.308 e. The van der Waals surface area contributed by atoms with Crippen molar-refractivity contribution in [2.24, 2.45) is 5.92 Å². The second-order valence-electron chi connectivity index (χ2n) is 5.24. The van der Waals surface area contributed by atoms with Gasteiger partial charge in [-0.25, -0.2) is 0 Å². The van der Waals surface area contributed by atoms with Crippen molar-refractivity contribution in [2.45, 2.75) is 12.8 Å². The average molecular weight is 368 g/mol. The zero-order valence-corrected chi connectivity index (χ0v) is 14.7. The monoisotopic (exact) mass is 367 g/mol. The maximum absolute atomic E-state index is 12.0. The zero-order chi connectivity index (χ0) is 17.5. The molecule has 0 radical (unpaired) electrons. The highest BCUT2D eigenvalue weighted by atomic mass is 35.5. The Labute approximate surface area is 149 Å². The van der Waals surface area contributed by atoms with Gasteiger partial charge in [-0.2, -0.15) is 0 Å². The molecule has 0 spiro atoms. The zero-order valence-electron chi connectivity index (χ0n) is 13.1. The standard InChI is InChI=1S/C17H18ClNO4S/c1-23-14-5-3-2-4-11(14)8-12(17(21)22)10-19-16(20)9-13-6-7-15(18)24-13/h2-7,12H,8-10H2,1H3,(H,19,20)(H,21,22). The van der Waals surface area contributed by atoms with Crippen molar-refractivity contribution in [3.05, 3.63) is 51.2 Å². The number of thiophene rings is 1. The van der Waals surface area contributed by atoms with Gasteiger partial charge in [0.15, 0.2) is 0 Å². The van der Waals surface area contributed by atoms with Crippen molar-refractivity contribution in [3.8, 4) is 5.75 Å². The Morgan fingerprint density at radius 3 is 2.67 bits per heavy atom. The molecule has 2 aromatic rings. The molecule has 0 fully saturated rings. The molecule has 1 atom stereocenters. The lowest BCUT2D eigenvalue weighted by molar-refractivity contribution is -0.141. The fourth-order valence-corrected chi connectivity index (χ4v) is 3.37. The van der Waals surface area contributed by atoms with Crippen LogP contribution < -0.4 is 10.1 Å². The Hall–Kier alpha value is -2.05. The molecule has 128 valence electrons. The number of carboxylic acids is 1. The SMILES string of the molecule is COc1ccccc1CC(CNC(=O)Cc1ccc(Cl)s1)C(=O)O. The molecule has 0 bridgehead atoms. The third kappa shape index (κ3) is 5.25. The van der Waals surface area contributed by atoms with Crippen molar-refractivity contribution in [3.63, 3.8) is 0 Å². The van der Waals surface area contributed by atoms with E-state index in [1.807, 2.05) is 18.2 Å². The maximum atomic E-state index is 12.0. The van der Waals surface area contributed by atoms with Gasteiger partial charge in [-0.15, -0.1) is 11.3 Å². The molecule has 7 heteroatoms. The van der Waals surface area contributed by atoms with Gasteiger partial charge in [0.05, 0.1) is 23.8 Å². The summed E-state index contributed by atoms with van der Waals surface area (Å²) < 4.78 is 5.86.